The maximum atomic E-state index is 13.6. The van der Waals surface area contributed by atoms with Crippen LogP contribution in [0.4, 0.5) is 0 Å². The Hall–Kier alpha value is -3.76. The molecule has 1 N–H and O–H groups in total. The summed E-state index contributed by atoms with van der Waals surface area (Å²) in [4.78, 5) is 21.5. The van der Waals surface area contributed by atoms with Gasteiger partial charge in [0.1, 0.15) is 6.04 Å². The number of ether oxygens (including phenoxy) is 2. The molecule has 0 radical (unpaired) electrons. The van der Waals surface area contributed by atoms with Crippen LogP contribution in [0.1, 0.15) is 54.9 Å². The lowest BCUT2D eigenvalue weighted by atomic mass is 9.99. The minimum Gasteiger partial charge on any atom is -0.454 e. The highest BCUT2D eigenvalue weighted by atomic mass is 16.7. The molecule has 2 aliphatic rings. The van der Waals surface area contributed by atoms with Crippen molar-refractivity contribution < 1.29 is 9.47 Å². The molecule has 204 valence electrons. The Bertz CT molecular complexity index is 1580. The number of aryl methyl sites for hydroxylation is 2. The van der Waals surface area contributed by atoms with Gasteiger partial charge in [-0.05, 0) is 85.8 Å². The van der Waals surface area contributed by atoms with Gasteiger partial charge in [0.25, 0.3) is 5.56 Å². The average molecular weight is 530 g/mol. The first-order valence-corrected chi connectivity index (χ1v) is 13.5. The maximum absolute atomic E-state index is 13.6. The molecule has 10 heteroatoms. The summed E-state index contributed by atoms with van der Waals surface area (Å²) in [5, 5.41) is 13.9. The van der Waals surface area contributed by atoms with Crippen LogP contribution in [-0.4, -0.2) is 68.0 Å². The summed E-state index contributed by atoms with van der Waals surface area (Å²) in [5.74, 6) is 2.29. The monoisotopic (exact) mass is 529 g/mol. The highest BCUT2D eigenvalue weighted by Crippen LogP contribution is 2.34. The number of nitrogens with one attached hydrogen (secondary N) is 1. The minimum absolute atomic E-state index is 0.106. The number of hydrogen-bond acceptors (Lipinski definition) is 8. The summed E-state index contributed by atoms with van der Waals surface area (Å²) in [6.45, 7) is 14.7. The zero-order valence-electron chi connectivity index (χ0n) is 23.2. The van der Waals surface area contributed by atoms with E-state index in [1.54, 1.807) is 0 Å². The molecule has 1 unspecified atom stereocenters. The van der Waals surface area contributed by atoms with E-state index in [4.69, 9.17) is 9.47 Å². The van der Waals surface area contributed by atoms with Crippen LogP contribution in [0.25, 0.3) is 10.9 Å². The Kier molecular flexibility index (Phi) is 6.39. The van der Waals surface area contributed by atoms with Gasteiger partial charge in [-0.15, -0.1) is 5.10 Å². The van der Waals surface area contributed by atoms with Gasteiger partial charge < -0.3 is 14.5 Å². The fraction of sp³-hybridized carbons (Fsp3) is 0.448. The summed E-state index contributed by atoms with van der Waals surface area (Å²) in [7, 11) is 0. The second-order valence-electron chi connectivity index (χ2n) is 11.6. The SMILES string of the molecule is Cc1cc(C)c2[nH]c(=O)c(C(c3nnnn3C(C)(C)C)N3CCN(Cc4ccc5c(c4)OCO5)CC3)cc2c1. The molecule has 10 nitrogen and oxygen atoms in total. The molecular formula is C29H35N7O3. The topological polar surface area (TPSA) is 101 Å². The summed E-state index contributed by atoms with van der Waals surface area (Å²) in [6, 6.07) is 12.0. The molecular weight excluding hydrogens is 494 g/mol. The summed E-state index contributed by atoms with van der Waals surface area (Å²) in [5.41, 5.74) is 4.50. The molecule has 2 aromatic heterocycles. The quantitative estimate of drug-likeness (QED) is 0.419. The van der Waals surface area contributed by atoms with Crippen molar-refractivity contribution in [1.82, 2.24) is 35.0 Å². The Morgan fingerprint density at radius 3 is 2.54 bits per heavy atom. The van der Waals surface area contributed by atoms with Crippen LogP contribution in [0.15, 0.2) is 41.2 Å². The number of benzene rings is 2. The van der Waals surface area contributed by atoms with Crippen LogP contribution >= 0.6 is 0 Å². The second kappa shape index (κ2) is 9.77. The largest absolute Gasteiger partial charge is 0.454 e. The van der Waals surface area contributed by atoms with Crippen LogP contribution in [-0.2, 0) is 12.1 Å². The van der Waals surface area contributed by atoms with Crippen LogP contribution < -0.4 is 15.0 Å². The van der Waals surface area contributed by atoms with Gasteiger partial charge in [0.05, 0.1) is 11.1 Å². The third kappa shape index (κ3) is 4.90. The molecule has 0 spiro atoms. The molecule has 1 fully saturated rings. The highest BCUT2D eigenvalue weighted by Gasteiger charge is 2.35. The lowest BCUT2D eigenvalue weighted by Gasteiger charge is -2.39. The van der Waals surface area contributed by atoms with Crippen molar-refractivity contribution in [2.75, 3.05) is 33.0 Å². The van der Waals surface area contributed by atoms with Crippen molar-refractivity contribution in [1.29, 1.82) is 0 Å². The number of aromatic nitrogens is 5. The number of pyridine rings is 1. The predicted octanol–water partition coefficient (Wildman–Crippen LogP) is 3.52. The number of fused-ring (bicyclic) bond motifs is 2. The molecule has 0 saturated carbocycles. The molecule has 2 aliphatic heterocycles. The van der Waals surface area contributed by atoms with Crippen LogP contribution in [0.5, 0.6) is 11.5 Å². The van der Waals surface area contributed by atoms with Gasteiger partial charge in [-0.1, -0.05) is 17.7 Å². The van der Waals surface area contributed by atoms with E-state index in [2.05, 4.69) is 82.3 Å². The van der Waals surface area contributed by atoms with Gasteiger partial charge in [-0.2, -0.15) is 0 Å². The number of piperazine rings is 1. The van der Waals surface area contributed by atoms with Gasteiger partial charge in [0, 0.05) is 38.3 Å². The van der Waals surface area contributed by atoms with Crippen molar-refractivity contribution in [3.63, 3.8) is 0 Å². The highest BCUT2D eigenvalue weighted by molar-refractivity contribution is 5.83. The number of nitrogens with zero attached hydrogens (tertiary/aromatic N) is 6. The van der Waals surface area contributed by atoms with Gasteiger partial charge in [-0.3, -0.25) is 14.6 Å². The fourth-order valence-electron chi connectivity index (χ4n) is 5.73. The van der Waals surface area contributed by atoms with E-state index >= 15 is 0 Å². The number of hydrogen-bond donors (Lipinski definition) is 1. The third-order valence-corrected chi connectivity index (χ3v) is 7.61. The minimum atomic E-state index is -0.374. The molecule has 4 aromatic rings. The number of H-pyrrole nitrogens is 1. The van der Waals surface area contributed by atoms with Crippen molar-refractivity contribution in [2.45, 2.75) is 52.7 Å². The first-order valence-electron chi connectivity index (χ1n) is 13.5. The van der Waals surface area contributed by atoms with Crippen LogP contribution in [0.2, 0.25) is 0 Å². The van der Waals surface area contributed by atoms with Gasteiger partial charge in [0.15, 0.2) is 17.3 Å². The molecule has 0 aliphatic carbocycles. The van der Waals surface area contributed by atoms with E-state index in [1.807, 2.05) is 23.7 Å². The predicted molar refractivity (Wildman–Crippen MR) is 148 cm³/mol. The standard InChI is InChI=1S/C29H35N7O3/c1-18-12-19(2)25-21(13-18)15-22(28(37)30-25)26(27-31-32-33-36(27)29(3,4)5)35-10-8-34(9-11-35)16-20-6-7-23-24(14-20)39-17-38-23/h6-7,12-15,26H,8-11,16-17H2,1-5H3,(H,30,37). The van der Waals surface area contributed by atoms with Gasteiger partial charge in [-0.25, -0.2) is 4.68 Å². The molecule has 2 aromatic carbocycles. The van der Waals surface area contributed by atoms with Crippen molar-refractivity contribution in [3.05, 3.63) is 74.8 Å². The van der Waals surface area contributed by atoms with E-state index in [1.165, 1.54) is 5.56 Å². The first-order chi connectivity index (χ1) is 18.7. The summed E-state index contributed by atoms with van der Waals surface area (Å²) in [6.07, 6.45) is 0. The molecule has 0 amide bonds. The molecule has 6 rings (SSSR count). The molecule has 1 atom stereocenters. The normalized spacial score (nSPS) is 17.2. The van der Waals surface area contributed by atoms with Crippen LogP contribution in [0, 0.1) is 13.8 Å². The third-order valence-electron chi connectivity index (χ3n) is 7.61. The zero-order chi connectivity index (χ0) is 27.3. The average Bonchev–Trinajstić information content (AvgIpc) is 3.56. The van der Waals surface area contributed by atoms with Crippen molar-refractivity contribution in [3.8, 4) is 11.5 Å². The van der Waals surface area contributed by atoms with E-state index in [0.29, 0.717) is 11.4 Å². The van der Waals surface area contributed by atoms with Crippen LogP contribution in [0.3, 0.4) is 0 Å². The fourth-order valence-corrected chi connectivity index (χ4v) is 5.73. The molecule has 4 heterocycles. The van der Waals surface area contributed by atoms with Gasteiger partial charge in [0.2, 0.25) is 6.79 Å². The van der Waals surface area contributed by atoms with Gasteiger partial charge >= 0.3 is 0 Å². The number of rotatable bonds is 5. The van der Waals surface area contributed by atoms with E-state index < -0.39 is 0 Å². The molecule has 39 heavy (non-hydrogen) atoms. The first kappa shape index (κ1) is 25.5. The Labute approximate surface area is 227 Å². The second-order valence-corrected chi connectivity index (χ2v) is 11.6. The van der Waals surface area contributed by atoms with E-state index in [-0.39, 0.29) is 23.9 Å². The molecule has 1 saturated heterocycles. The Balaban J connectivity index is 1.32. The number of tetrazole rings is 1. The van der Waals surface area contributed by atoms with E-state index in [0.717, 1.165) is 66.3 Å². The Morgan fingerprint density at radius 1 is 1.00 bits per heavy atom. The van der Waals surface area contributed by atoms with Crippen molar-refractivity contribution >= 4 is 10.9 Å². The Morgan fingerprint density at radius 2 is 1.77 bits per heavy atom. The lowest BCUT2D eigenvalue weighted by Crippen LogP contribution is -2.49. The lowest BCUT2D eigenvalue weighted by molar-refractivity contribution is 0.0975. The smallest absolute Gasteiger partial charge is 0.253 e. The zero-order valence-corrected chi connectivity index (χ0v) is 23.2. The molecule has 0 bridgehead atoms. The van der Waals surface area contributed by atoms with E-state index in [9.17, 15) is 4.79 Å². The summed E-state index contributed by atoms with van der Waals surface area (Å²) >= 11 is 0. The van der Waals surface area contributed by atoms with Crippen molar-refractivity contribution in [2.24, 2.45) is 0 Å². The number of aromatic amines is 1. The summed E-state index contributed by atoms with van der Waals surface area (Å²) < 4.78 is 12.9. The maximum Gasteiger partial charge on any atom is 0.253 e.